The Hall–Kier alpha value is -0.560. The molecule has 1 heteroatoms. The molecule has 0 aromatic heterocycles. The Morgan fingerprint density at radius 2 is 1.55 bits per heavy atom. The minimum absolute atomic E-state index is 0.352. The fourth-order valence-corrected chi connectivity index (χ4v) is 4.90. The van der Waals surface area contributed by atoms with E-state index in [9.17, 15) is 5.11 Å². The van der Waals surface area contributed by atoms with E-state index in [-0.39, 0.29) is 0 Å². The summed E-state index contributed by atoms with van der Waals surface area (Å²) in [5, 5.41) is 11.3. The quantitative estimate of drug-likeness (QED) is 0.750. The predicted molar refractivity (Wildman–Crippen MR) is 84.5 cm³/mol. The van der Waals surface area contributed by atoms with Gasteiger partial charge in [0.1, 0.15) is 0 Å². The smallest absolute Gasteiger partial charge is 0.0899 e. The van der Waals surface area contributed by atoms with E-state index in [0.29, 0.717) is 17.8 Å². The first-order chi connectivity index (χ1) is 9.69. The van der Waals surface area contributed by atoms with Crippen LogP contribution in [0.1, 0.15) is 71.1 Å². The molecule has 2 fully saturated rings. The van der Waals surface area contributed by atoms with Gasteiger partial charge in [0.25, 0.3) is 0 Å². The topological polar surface area (TPSA) is 20.2 Å². The Kier molecular flexibility index (Phi) is 4.35. The molecular formula is C19H30O. The van der Waals surface area contributed by atoms with Gasteiger partial charge in [-0.1, -0.05) is 56.8 Å². The standard InChI is InChI=1S/C19H30O/c1-19(20)17(15-9-4-2-5-10-15)13-8-14-18(19)16-11-6-3-7-12-16/h8,13-17,20H,2-7,9-12H2,1H3. The SMILES string of the molecule is CC1(O)C(C2CCCCC2)=CC=CC1C1CCCCC1. The van der Waals surface area contributed by atoms with Crippen LogP contribution in [-0.2, 0) is 0 Å². The van der Waals surface area contributed by atoms with Gasteiger partial charge in [-0.05, 0) is 50.0 Å². The lowest BCUT2D eigenvalue weighted by molar-refractivity contribution is 0.00760. The van der Waals surface area contributed by atoms with Crippen LogP contribution in [-0.4, -0.2) is 10.7 Å². The molecule has 0 amide bonds. The van der Waals surface area contributed by atoms with Crippen LogP contribution < -0.4 is 0 Å². The largest absolute Gasteiger partial charge is 0.385 e. The summed E-state index contributed by atoms with van der Waals surface area (Å²) in [6.45, 7) is 2.09. The van der Waals surface area contributed by atoms with Crippen LogP contribution in [0.5, 0.6) is 0 Å². The van der Waals surface area contributed by atoms with Crippen molar-refractivity contribution in [3.05, 3.63) is 23.8 Å². The first-order valence-corrected chi connectivity index (χ1v) is 8.81. The molecule has 1 nitrogen and oxygen atoms in total. The number of rotatable bonds is 2. The Balaban J connectivity index is 1.77. The molecule has 20 heavy (non-hydrogen) atoms. The average Bonchev–Trinajstić information content (AvgIpc) is 2.48. The van der Waals surface area contributed by atoms with Gasteiger partial charge in [0, 0.05) is 5.92 Å². The van der Waals surface area contributed by atoms with Crippen molar-refractivity contribution in [2.45, 2.75) is 76.7 Å². The Morgan fingerprint density at radius 3 is 2.20 bits per heavy atom. The van der Waals surface area contributed by atoms with Crippen LogP contribution >= 0.6 is 0 Å². The minimum atomic E-state index is -0.598. The summed E-state index contributed by atoms with van der Waals surface area (Å²) in [5.41, 5.74) is 0.744. The van der Waals surface area contributed by atoms with Crippen molar-refractivity contribution in [2.24, 2.45) is 17.8 Å². The lowest BCUT2D eigenvalue weighted by Gasteiger charge is -2.44. The third kappa shape index (κ3) is 2.74. The highest BCUT2D eigenvalue weighted by Gasteiger charge is 2.42. The fourth-order valence-electron chi connectivity index (χ4n) is 4.90. The summed E-state index contributed by atoms with van der Waals surface area (Å²) in [4.78, 5) is 0. The van der Waals surface area contributed by atoms with Crippen molar-refractivity contribution in [3.63, 3.8) is 0 Å². The lowest BCUT2D eigenvalue weighted by Crippen LogP contribution is -2.44. The van der Waals surface area contributed by atoms with Gasteiger partial charge in [0.05, 0.1) is 5.60 Å². The molecule has 2 atom stereocenters. The molecule has 2 unspecified atom stereocenters. The molecule has 0 bridgehead atoms. The second-order valence-corrected chi connectivity index (χ2v) is 7.41. The number of aliphatic hydroxyl groups is 1. The summed E-state index contributed by atoms with van der Waals surface area (Å²) in [7, 11) is 0. The molecule has 2 saturated carbocycles. The predicted octanol–water partition coefficient (Wildman–Crippen LogP) is 5.01. The summed E-state index contributed by atoms with van der Waals surface area (Å²) < 4.78 is 0. The first kappa shape index (κ1) is 14.4. The molecule has 3 aliphatic carbocycles. The van der Waals surface area contributed by atoms with Gasteiger partial charge in [0.15, 0.2) is 0 Å². The van der Waals surface area contributed by atoms with Gasteiger partial charge >= 0.3 is 0 Å². The highest BCUT2D eigenvalue weighted by Crippen LogP contribution is 2.46. The third-order valence-electron chi connectivity index (χ3n) is 6.03. The Bertz CT molecular complexity index is 379. The fraction of sp³-hybridized carbons (Fsp3) is 0.789. The van der Waals surface area contributed by atoms with Gasteiger partial charge in [-0.15, -0.1) is 0 Å². The summed E-state index contributed by atoms with van der Waals surface area (Å²) in [5.74, 6) is 1.68. The molecule has 112 valence electrons. The van der Waals surface area contributed by atoms with Crippen LogP contribution in [0, 0.1) is 17.8 Å². The van der Waals surface area contributed by atoms with Crippen molar-refractivity contribution in [1.82, 2.24) is 0 Å². The van der Waals surface area contributed by atoms with E-state index in [1.54, 1.807) is 0 Å². The van der Waals surface area contributed by atoms with Crippen molar-refractivity contribution in [1.29, 1.82) is 0 Å². The van der Waals surface area contributed by atoms with Crippen LogP contribution in [0.3, 0.4) is 0 Å². The van der Waals surface area contributed by atoms with E-state index < -0.39 is 5.60 Å². The van der Waals surface area contributed by atoms with Crippen molar-refractivity contribution in [3.8, 4) is 0 Å². The van der Waals surface area contributed by atoms with E-state index in [2.05, 4.69) is 25.2 Å². The number of hydrogen-bond acceptors (Lipinski definition) is 1. The highest BCUT2D eigenvalue weighted by molar-refractivity contribution is 5.32. The van der Waals surface area contributed by atoms with Crippen molar-refractivity contribution >= 4 is 0 Å². The van der Waals surface area contributed by atoms with Crippen LogP contribution in [0.15, 0.2) is 23.8 Å². The van der Waals surface area contributed by atoms with Crippen molar-refractivity contribution < 1.29 is 5.11 Å². The molecule has 0 saturated heterocycles. The summed E-state index contributed by atoms with van der Waals surface area (Å²) in [6, 6.07) is 0. The van der Waals surface area contributed by atoms with E-state index in [1.165, 1.54) is 69.8 Å². The second kappa shape index (κ2) is 6.05. The van der Waals surface area contributed by atoms with Gasteiger partial charge in [-0.3, -0.25) is 0 Å². The maximum atomic E-state index is 11.3. The van der Waals surface area contributed by atoms with Crippen LogP contribution in [0.4, 0.5) is 0 Å². The van der Waals surface area contributed by atoms with E-state index >= 15 is 0 Å². The van der Waals surface area contributed by atoms with Gasteiger partial charge in [-0.25, -0.2) is 0 Å². The maximum absolute atomic E-state index is 11.3. The zero-order valence-corrected chi connectivity index (χ0v) is 13.0. The zero-order valence-electron chi connectivity index (χ0n) is 13.0. The summed E-state index contributed by atoms with van der Waals surface area (Å²) in [6.07, 6.45) is 20.1. The maximum Gasteiger partial charge on any atom is 0.0899 e. The molecule has 0 aromatic rings. The van der Waals surface area contributed by atoms with Crippen molar-refractivity contribution in [2.75, 3.05) is 0 Å². The van der Waals surface area contributed by atoms with E-state index in [4.69, 9.17) is 0 Å². The molecule has 0 radical (unpaired) electrons. The van der Waals surface area contributed by atoms with E-state index in [0.717, 1.165) is 0 Å². The molecule has 1 N–H and O–H groups in total. The minimum Gasteiger partial charge on any atom is -0.385 e. The second-order valence-electron chi connectivity index (χ2n) is 7.41. The van der Waals surface area contributed by atoms with Gasteiger partial charge in [-0.2, -0.15) is 0 Å². The third-order valence-corrected chi connectivity index (χ3v) is 6.03. The van der Waals surface area contributed by atoms with Crippen LogP contribution in [0.25, 0.3) is 0 Å². The summed E-state index contributed by atoms with van der Waals surface area (Å²) >= 11 is 0. The normalized spacial score (nSPS) is 36.9. The van der Waals surface area contributed by atoms with Crippen LogP contribution in [0.2, 0.25) is 0 Å². The average molecular weight is 274 g/mol. The van der Waals surface area contributed by atoms with Gasteiger partial charge in [0.2, 0.25) is 0 Å². The molecule has 0 spiro atoms. The number of allylic oxidation sites excluding steroid dienone is 2. The highest BCUT2D eigenvalue weighted by atomic mass is 16.3. The molecule has 0 heterocycles. The molecule has 3 aliphatic rings. The molecule has 0 aromatic carbocycles. The monoisotopic (exact) mass is 274 g/mol. The number of hydrogen-bond donors (Lipinski definition) is 1. The molecular weight excluding hydrogens is 244 g/mol. The van der Waals surface area contributed by atoms with E-state index in [1.807, 2.05) is 0 Å². The zero-order chi connectivity index (χ0) is 14.0. The Morgan fingerprint density at radius 1 is 0.950 bits per heavy atom. The molecule has 0 aliphatic heterocycles. The lowest BCUT2D eigenvalue weighted by atomic mass is 9.64. The Labute approximate surface area is 124 Å². The first-order valence-electron chi connectivity index (χ1n) is 8.81. The van der Waals surface area contributed by atoms with Gasteiger partial charge < -0.3 is 5.11 Å². The molecule has 3 rings (SSSR count).